The SMILES string of the molecule is O=C(NCc1ccc(Cl)cc1Cl)Nc1ccc(Br)cc1.O=C1N(Cc2ccc(Cl)cc2Cl)CC(CO)CN1c1ccc(Br)cc1. The molecule has 0 spiro atoms. The molecule has 4 amide bonds. The number of anilines is 2. The van der Waals surface area contributed by atoms with Gasteiger partial charge < -0.3 is 20.6 Å². The van der Waals surface area contributed by atoms with Gasteiger partial charge in [-0.25, -0.2) is 9.59 Å². The number of urea groups is 2. The summed E-state index contributed by atoms with van der Waals surface area (Å²) in [7, 11) is 0. The molecule has 5 rings (SSSR count). The van der Waals surface area contributed by atoms with Crippen molar-refractivity contribution >= 4 is 102 Å². The second-order valence-electron chi connectivity index (χ2n) is 10.1. The third kappa shape index (κ3) is 10.5. The van der Waals surface area contributed by atoms with E-state index in [0.29, 0.717) is 52.0 Å². The van der Waals surface area contributed by atoms with Gasteiger partial charge in [0.05, 0.1) is 0 Å². The van der Waals surface area contributed by atoms with Crippen LogP contribution in [0, 0.1) is 5.92 Å². The molecule has 4 aromatic carbocycles. The molecule has 0 radical (unpaired) electrons. The molecule has 1 unspecified atom stereocenters. The van der Waals surface area contributed by atoms with Crippen LogP contribution < -0.4 is 15.5 Å². The number of carbonyl (C=O) groups excluding carboxylic acids is 2. The monoisotopic (exact) mass is 814 g/mol. The summed E-state index contributed by atoms with van der Waals surface area (Å²) in [5.74, 6) is -0.0209. The molecule has 3 N–H and O–H groups in total. The Morgan fingerprint density at radius 1 is 0.800 bits per heavy atom. The van der Waals surface area contributed by atoms with Crippen LogP contribution in [0.15, 0.2) is 93.9 Å². The first-order valence-corrected chi connectivity index (χ1v) is 16.7. The van der Waals surface area contributed by atoms with Crippen LogP contribution in [0.1, 0.15) is 11.1 Å². The first-order valence-electron chi connectivity index (χ1n) is 13.6. The van der Waals surface area contributed by atoms with E-state index in [4.69, 9.17) is 46.4 Å². The topological polar surface area (TPSA) is 84.9 Å². The number of carbonyl (C=O) groups is 2. The van der Waals surface area contributed by atoms with Crippen molar-refractivity contribution in [2.45, 2.75) is 13.1 Å². The van der Waals surface area contributed by atoms with E-state index in [-0.39, 0.29) is 24.6 Å². The third-order valence-corrected chi connectivity index (χ3v) is 8.98. The maximum absolute atomic E-state index is 12.9. The number of nitrogens with one attached hydrogen (secondary N) is 2. The van der Waals surface area contributed by atoms with Gasteiger partial charge in [0.1, 0.15) is 0 Å². The lowest BCUT2D eigenvalue weighted by atomic mass is 10.1. The summed E-state index contributed by atoms with van der Waals surface area (Å²) in [5, 5.41) is 17.3. The average Bonchev–Trinajstić information content (AvgIpc) is 3.01. The van der Waals surface area contributed by atoms with Crippen LogP contribution in [0.5, 0.6) is 0 Å². The van der Waals surface area contributed by atoms with Crippen molar-refractivity contribution in [3.8, 4) is 0 Å². The normalized spacial score (nSPS) is 14.5. The van der Waals surface area contributed by atoms with E-state index in [0.717, 1.165) is 25.8 Å². The van der Waals surface area contributed by atoms with Crippen molar-refractivity contribution in [2.24, 2.45) is 5.92 Å². The lowest BCUT2D eigenvalue weighted by Crippen LogP contribution is -2.54. The Labute approximate surface area is 298 Å². The molecule has 0 aromatic heterocycles. The van der Waals surface area contributed by atoms with Crippen LogP contribution in [0.4, 0.5) is 21.0 Å². The molecular formula is C32H28Br2Cl4N4O3. The second-order valence-corrected chi connectivity index (χ2v) is 13.6. The predicted molar refractivity (Wildman–Crippen MR) is 191 cm³/mol. The lowest BCUT2D eigenvalue weighted by Gasteiger charge is -2.39. The molecule has 13 heteroatoms. The highest BCUT2D eigenvalue weighted by atomic mass is 79.9. The smallest absolute Gasteiger partial charge is 0.324 e. The second kappa shape index (κ2) is 16.9. The van der Waals surface area contributed by atoms with Gasteiger partial charge in [-0.1, -0.05) is 90.4 Å². The van der Waals surface area contributed by atoms with Gasteiger partial charge in [-0.3, -0.25) is 4.90 Å². The van der Waals surface area contributed by atoms with E-state index in [2.05, 4.69) is 42.5 Å². The molecule has 1 heterocycles. The van der Waals surface area contributed by atoms with E-state index in [1.54, 1.807) is 52.3 Å². The van der Waals surface area contributed by atoms with Gasteiger partial charge in [-0.2, -0.15) is 0 Å². The summed E-state index contributed by atoms with van der Waals surface area (Å²) in [4.78, 5) is 28.1. The Bertz CT molecular complexity index is 1630. The Morgan fingerprint density at radius 3 is 1.91 bits per heavy atom. The van der Waals surface area contributed by atoms with E-state index in [1.165, 1.54) is 0 Å². The Morgan fingerprint density at radius 2 is 1.36 bits per heavy atom. The Kier molecular flexibility index (Phi) is 13.3. The molecule has 7 nitrogen and oxygen atoms in total. The van der Waals surface area contributed by atoms with E-state index < -0.39 is 0 Å². The van der Waals surface area contributed by atoms with Gasteiger partial charge in [0, 0.05) is 79.1 Å². The molecular weight excluding hydrogens is 790 g/mol. The molecule has 1 aliphatic rings. The maximum atomic E-state index is 12.9. The van der Waals surface area contributed by atoms with Crippen LogP contribution in [-0.4, -0.2) is 41.8 Å². The molecule has 4 aromatic rings. The number of halogens is 6. The molecule has 1 aliphatic heterocycles. The summed E-state index contributed by atoms with van der Waals surface area (Å²) in [6.45, 7) is 1.70. The summed E-state index contributed by atoms with van der Waals surface area (Å²) in [6, 6.07) is 24.9. The standard InChI is InChI=1S/C18H17BrCl2N2O2.C14H11BrCl2N2O/c19-14-2-5-16(6-3-14)23-9-12(11-24)8-22(18(23)25)10-13-1-4-15(20)7-17(13)21;15-10-2-5-12(6-3-10)19-14(20)18-8-9-1-4-11(16)7-13(9)17/h1-7,12,24H,8-11H2;1-7H,8H2,(H2,18,19,20). The lowest BCUT2D eigenvalue weighted by molar-refractivity contribution is 0.144. The number of amides is 4. The summed E-state index contributed by atoms with van der Waals surface area (Å²) in [6.07, 6.45) is 0. The minimum Gasteiger partial charge on any atom is -0.396 e. The summed E-state index contributed by atoms with van der Waals surface area (Å²) < 4.78 is 1.90. The highest BCUT2D eigenvalue weighted by molar-refractivity contribution is 9.10. The number of aliphatic hydroxyl groups excluding tert-OH is 1. The van der Waals surface area contributed by atoms with Crippen molar-refractivity contribution in [2.75, 3.05) is 29.9 Å². The molecule has 1 saturated heterocycles. The first kappa shape index (κ1) is 35.4. The molecule has 236 valence electrons. The number of hydrogen-bond donors (Lipinski definition) is 3. The number of aliphatic hydroxyl groups is 1. The highest BCUT2D eigenvalue weighted by Gasteiger charge is 2.32. The van der Waals surface area contributed by atoms with Gasteiger partial charge in [-0.15, -0.1) is 0 Å². The number of rotatable bonds is 7. The number of hydrogen-bond acceptors (Lipinski definition) is 3. The van der Waals surface area contributed by atoms with Crippen LogP contribution in [-0.2, 0) is 13.1 Å². The molecule has 0 saturated carbocycles. The Balaban J connectivity index is 0.000000210. The molecule has 0 bridgehead atoms. The fourth-order valence-electron chi connectivity index (χ4n) is 4.44. The highest BCUT2D eigenvalue weighted by Crippen LogP contribution is 2.28. The molecule has 1 fully saturated rings. The van der Waals surface area contributed by atoms with Gasteiger partial charge in [-0.05, 0) is 83.9 Å². The van der Waals surface area contributed by atoms with Gasteiger partial charge in [0.15, 0.2) is 0 Å². The van der Waals surface area contributed by atoms with Crippen molar-refractivity contribution in [3.05, 3.63) is 125 Å². The minimum atomic E-state index is -0.293. The average molecular weight is 818 g/mol. The zero-order valence-corrected chi connectivity index (χ0v) is 29.8. The summed E-state index contributed by atoms with van der Waals surface area (Å²) in [5.41, 5.74) is 3.15. The maximum Gasteiger partial charge on any atom is 0.324 e. The quantitative estimate of drug-likeness (QED) is 0.174. The first-order chi connectivity index (χ1) is 21.5. The van der Waals surface area contributed by atoms with Gasteiger partial charge in [0.2, 0.25) is 0 Å². The van der Waals surface area contributed by atoms with Gasteiger partial charge >= 0.3 is 12.1 Å². The zero-order valence-electron chi connectivity index (χ0n) is 23.6. The van der Waals surface area contributed by atoms with Crippen molar-refractivity contribution in [3.63, 3.8) is 0 Å². The van der Waals surface area contributed by atoms with Crippen molar-refractivity contribution in [1.29, 1.82) is 0 Å². The number of benzene rings is 4. The fourth-order valence-corrected chi connectivity index (χ4v) is 5.92. The predicted octanol–water partition coefficient (Wildman–Crippen LogP) is 9.88. The van der Waals surface area contributed by atoms with E-state index in [1.807, 2.05) is 42.5 Å². The zero-order chi connectivity index (χ0) is 32.5. The van der Waals surface area contributed by atoms with Crippen molar-refractivity contribution < 1.29 is 14.7 Å². The largest absolute Gasteiger partial charge is 0.396 e. The van der Waals surface area contributed by atoms with Crippen LogP contribution in [0.2, 0.25) is 20.1 Å². The Hall–Kier alpha value is -2.50. The molecule has 0 aliphatic carbocycles. The van der Waals surface area contributed by atoms with Crippen LogP contribution in [0.3, 0.4) is 0 Å². The summed E-state index contributed by atoms with van der Waals surface area (Å²) >= 11 is 30.8. The van der Waals surface area contributed by atoms with Crippen molar-refractivity contribution in [1.82, 2.24) is 10.2 Å². The number of nitrogens with zero attached hydrogens (tertiary/aromatic N) is 2. The van der Waals surface area contributed by atoms with Gasteiger partial charge in [0.25, 0.3) is 0 Å². The van der Waals surface area contributed by atoms with E-state index in [9.17, 15) is 14.7 Å². The van der Waals surface area contributed by atoms with Crippen LogP contribution in [0.25, 0.3) is 0 Å². The third-order valence-electron chi connectivity index (χ3n) is 6.75. The van der Waals surface area contributed by atoms with E-state index >= 15 is 0 Å². The molecule has 45 heavy (non-hydrogen) atoms. The van der Waals surface area contributed by atoms with Crippen LogP contribution >= 0.6 is 78.3 Å². The molecule has 1 atom stereocenters. The fraction of sp³-hybridized carbons (Fsp3) is 0.188. The minimum absolute atomic E-state index is 0.0190.